The molecule has 2 aromatic carbocycles. The van der Waals surface area contributed by atoms with E-state index in [-0.39, 0.29) is 24.0 Å². The third-order valence-corrected chi connectivity index (χ3v) is 5.58. The molecule has 0 saturated carbocycles. The first-order chi connectivity index (χ1) is 15.3. The van der Waals surface area contributed by atoms with Crippen LogP contribution >= 0.6 is 24.0 Å². The molecule has 7 nitrogen and oxygen atoms in total. The molecule has 8 heteroatoms. The third-order valence-electron chi connectivity index (χ3n) is 5.58. The summed E-state index contributed by atoms with van der Waals surface area (Å²) in [5.41, 5.74) is 3.27. The summed E-state index contributed by atoms with van der Waals surface area (Å²) in [7, 11) is 1.73. The molecule has 0 spiro atoms. The second-order valence-electron chi connectivity index (χ2n) is 7.81. The van der Waals surface area contributed by atoms with E-state index in [4.69, 9.17) is 9.73 Å². The number of rotatable bonds is 8. The molecule has 0 bridgehead atoms. The average molecular weight is 548 g/mol. The zero-order chi connectivity index (χ0) is 21.5. The summed E-state index contributed by atoms with van der Waals surface area (Å²) in [4.78, 5) is 15.2. The number of aromatic nitrogens is 2. The van der Waals surface area contributed by atoms with Crippen molar-refractivity contribution in [1.29, 1.82) is 0 Å². The quantitative estimate of drug-likeness (QED) is 0.172. The van der Waals surface area contributed by atoms with Gasteiger partial charge < -0.3 is 25.3 Å². The number of guanidine groups is 1. The second kappa shape index (κ2) is 11.9. The van der Waals surface area contributed by atoms with Crippen LogP contribution in [0.4, 0.5) is 5.69 Å². The fraction of sp³-hybridized carbons (Fsp3) is 0.417. The van der Waals surface area contributed by atoms with Gasteiger partial charge in [0.05, 0.1) is 23.8 Å². The average Bonchev–Trinajstić information content (AvgIpc) is 3.43. The number of aromatic amines is 1. The molecule has 1 saturated heterocycles. The van der Waals surface area contributed by atoms with Crippen LogP contribution in [-0.4, -0.2) is 55.3 Å². The zero-order valence-corrected chi connectivity index (χ0v) is 21.1. The Bertz CT molecular complexity index is 987. The largest absolute Gasteiger partial charge is 0.495 e. The van der Waals surface area contributed by atoms with E-state index in [1.54, 1.807) is 7.11 Å². The van der Waals surface area contributed by atoms with Crippen LogP contribution < -0.4 is 20.3 Å². The minimum Gasteiger partial charge on any atom is -0.495 e. The van der Waals surface area contributed by atoms with Crippen LogP contribution in [0.15, 0.2) is 53.5 Å². The van der Waals surface area contributed by atoms with E-state index < -0.39 is 0 Å². The number of imidazole rings is 1. The number of anilines is 1. The Balaban J connectivity index is 0.00000289. The van der Waals surface area contributed by atoms with Crippen LogP contribution in [0, 0.1) is 0 Å². The Morgan fingerprint density at radius 2 is 2.03 bits per heavy atom. The maximum absolute atomic E-state index is 5.53. The van der Waals surface area contributed by atoms with Gasteiger partial charge in [-0.25, -0.2) is 4.98 Å². The highest BCUT2D eigenvalue weighted by Crippen LogP contribution is 2.30. The Kier molecular flexibility index (Phi) is 9.01. The van der Waals surface area contributed by atoms with Crippen molar-refractivity contribution in [3.8, 4) is 5.75 Å². The first-order valence-electron chi connectivity index (χ1n) is 11.1. The summed E-state index contributed by atoms with van der Waals surface area (Å²) in [5, 5.41) is 6.99. The Hall–Kier alpha value is -2.49. The predicted molar refractivity (Wildman–Crippen MR) is 143 cm³/mol. The molecular weight excluding hydrogens is 515 g/mol. The van der Waals surface area contributed by atoms with E-state index in [0.717, 1.165) is 79.7 Å². The minimum absolute atomic E-state index is 0. The molecule has 172 valence electrons. The van der Waals surface area contributed by atoms with E-state index in [0.29, 0.717) is 6.04 Å². The highest BCUT2D eigenvalue weighted by atomic mass is 127. The summed E-state index contributed by atoms with van der Waals surface area (Å²) in [6.07, 6.45) is 2.92. The van der Waals surface area contributed by atoms with E-state index in [1.165, 1.54) is 0 Å². The van der Waals surface area contributed by atoms with Crippen molar-refractivity contribution >= 4 is 46.7 Å². The van der Waals surface area contributed by atoms with Gasteiger partial charge in [0.2, 0.25) is 0 Å². The number of aliphatic imine (C=N–C) groups is 1. The fourth-order valence-electron chi connectivity index (χ4n) is 4.06. The van der Waals surface area contributed by atoms with Crippen LogP contribution in [0.25, 0.3) is 11.0 Å². The standard InChI is InChI=1S/C24H32N6O.HI/c1-3-25-24(26-15-8-13-23-28-19-9-4-5-10-20(19)29-23)27-18-14-16-30(17-18)21-11-6-7-12-22(21)31-2;/h4-7,9-12,18H,3,8,13-17H2,1-2H3,(H,28,29)(H2,25,26,27);1H. The number of hydrogen-bond acceptors (Lipinski definition) is 4. The second-order valence-corrected chi connectivity index (χ2v) is 7.81. The van der Waals surface area contributed by atoms with Gasteiger partial charge in [-0.3, -0.25) is 4.99 Å². The lowest BCUT2D eigenvalue weighted by Gasteiger charge is -2.22. The molecule has 1 aromatic heterocycles. The Labute approximate surface area is 207 Å². The maximum Gasteiger partial charge on any atom is 0.191 e. The number of methoxy groups -OCH3 is 1. The van der Waals surface area contributed by atoms with Crippen molar-refractivity contribution in [1.82, 2.24) is 20.6 Å². The van der Waals surface area contributed by atoms with Gasteiger partial charge in [0.15, 0.2) is 5.96 Å². The molecule has 0 amide bonds. The number of ether oxygens (including phenoxy) is 1. The molecule has 0 radical (unpaired) electrons. The number of aryl methyl sites for hydroxylation is 1. The van der Waals surface area contributed by atoms with Crippen LogP contribution in [0.2, 0.25) is 0 Å². The molecule has 32 heavy (non-hydrogen) atoms. The number of H-pyrrole nitrogens is 1. The molecule has 1 aliphatic heterocycles. The highest BCUT2D eigenvalue weighted by molar-refractivity contribution is 14.0. The predicted octanol–water partition coefficient (Wildman–Crippen LogP) is 3.96. The van der Waals surface area contributed by atoms with Crippen LogP contribution in [-0.2, 0) is 6.42 Å². The van der Waals surface area contributed by atoms with Gasteiger partial charge >= 0.3 is 0 Å². The molecule has 1 atom stereocenters. The van der Waals surface area contributed by atoms with Crippen molar-refractivity contribution in [3.63, 3.8) is 0 Å². The van der Waals surface area contributed by atoms with Crippen LogP contribution in [0.3, 0.4) is 0 Å². The third kappa shape index (κ3) is 6.05. The highest BCUT2D eigenvalue weighted by Gasteiger charge is 2.25. The fourth-order valence-corrected chi connectivity index (χ4v) is 4.06. The van der Waals surface area contributed by atoms with Crippen molar-refractivity contribution in [2.24, 2.45) is 4.99 Å². The topological polar surface area (TPSA) is 77.6 Å². The normalized spacial score (nSPS) is 16.1. The minimum atomic E-state index is 0. The summed E-state index contributed by atoms with van der Waals surface area (Å²) < 4.78 is 5.53. The van der Waals surface area contributed by atoms with E-state index in [9.17, 15) is 0 Å². The molecule has 2 heterocycles. The smallest absolute Gasteiger partial charge is 0.191 e. The number of hydrogen-bond donors (Lipinski definition) is 3. The SMILES string of the molecule is CCNC(=NCCCc1nc2ccccc2[nH]1)NC1CCN(c2ccccc2OC)C1.I. The van der Waals surface area contributed by atoms with E-state index >= 15 is 0 Å². The number of fused-ring (bicyclic) bond motifs is 1. The molecule has 4 rings (SSSR count). The first kappa shape index (κ1) is 24.2. The molecule has 1 fully saturated rings. The summed E-state index contributed by atoms with van der Waals surface area (Å²) in [6.45, 7) is 5.64. The van der Waals surface area contributed by atoms with Gasteiger partial charge in [0.1, 0.15) is 11.6 Å². The molecule has 0 aliphatic carbocycles. The van der Waals surface area contributed by atoms with Crippen LogP contribution in [0.5, 0.6) is 5.75 Å². The molecule has 3 aromatic rings. The number of nitrogens with zero attached hydrogens (tertiary/aromatic N) is 3. The summed E-state index contributed by atoms with van der Waals surface area (Å²) in [5.74, 6) is 2.84. The number of nitrogens with one attached hydrogen (secondary N) is 3. The monoisotopic (exact) mass is 548 g/mol. The van der Waals surface area contributed by atoms with Crippen molar-refractivity contribution in [3.05, 3.63) is 54.4 Å². The molecule has 3 N–H and O–H groups in total. The molecular formula is C24H33IN6O. The van der Waals surface area contributed by atoms with Gasteiger partial charge in [-0.2, -0.15) is 0 Å². The van der Waals surface area contributed by atoms with Crippen molar-refractivity contribution in [2.45, 2.75) is 32.2 Å². The van der Waals surface area contributed by atoms with Gasteiger partial charge in [0.25, 0.3) is 0 Å². The van der Waals surface area contributed by atoms with Crippen molar-refractivity contribution in [2.75, 3.05) is 38.2 Å². The number of para-hydroxylation sites is 4. The lowest BCUT2D eigenvalue weighted by molar-refractivity contribution is 0.415. The van der Waals surface area contributed by atoms with E-state index in [1.807, 2.05) is 30.3 Å². The Morgan fingerprint density at radius 3 is 2.84 bits per heavy atom. The van der Waals surface area contributed by atoms with E-state index in [2.05, 4.69) is 50.6 Å². The summed E-state index contributed by atoms with van der Waals surface area (Å²) >= 11 is 0. The summed E-state index contributed by atoms with van der Waals surface area (Å²) in [6, 6.07) is 16.7. The Morgan fingerprint density at radius 1 is 1.22 bits per heavy atom. The van der Waals surface area contributed by atoms with Gasteiger partial charge in [-0.15, -0.1) is 24.0 Å². The van der Waals surface area contributed by atoms with Crippen molar-refractivity contribution < 1.29 is 4.74 Å². The first-order valence-corrected chi connectivity index (χ1v) is 11.1. The van der Waals surface area contributed by atoms with Gasteiger partial charge in [-0.1, -0.05) is 24.3 Å². The lowest BCUT2D eigenvalue weighted by atomic mass is 10.2. The number of halogens is 1. The molecule has 1 unspecified atom stereocenters. The molecule has 1 aliphatic rings. The maximum atomic E-state index is 5.53. The number of benzene rings is 2. The zero-order valence-electron chi connectivity index (χ0n) is 18.8. The van der Waals surface area contributed by atoms with Crippen LogP contribution in [0.1, 0.15) is 25.6 Å². The van der Waals surface area contributed by atoms with Gasteiger partial charge in [0, 0.05) is 38.6 Å². The lowest BCUT2D eigenvalue weighted by Crippen LogP contribution is -2.44. The van der Waals surface area contributed by atoms with Gasteiger partial charge in [-0.05, 0) is 44.0 Å².